The van der Waals surface area contributed by atoms with Crippen LogP contribution < -0.4 is 10.6 Å². The van der Waals surface area contributed by atoms with Gasteiger partial charge in [-0.2, -0.15) is 23.1 Å². The molecule has 1 amide bonds. The van der Waals surface area contributed by atoms with E-state index in [0.717, 1.165) is 0 Å². The molecule has 1 fully saturated rings. The third kappa shape index (κ3) is 5.41. The SMILES string of the molecule is Cl.O=C(NCC(N1CCNCC1)C(F)(F)F)c1cnn(-c2ccccc2)n1. The number of carbonyl (C=O) groups is 1. The Hall–Kier alpha value is -2.17. The third-order valence-corrected chi connectivity index (χ3v) is 4.14. The van der Waals surface area contributed by atoms with Crippen LogP contribution in [0.3, 0.4) is 0 Å². The number of rotatable bonds is 5. The summed E-state index contributed by atoms with van der Waals surface area (Å²) in [5, 5.41) is 13.3. The number of benzene rings is 1. The van der Waals surface area contributed by atoms with Crippen LogP contribution in [0.2, 0.25) is 0 Å². The summed E-state index contributed by atoms with van der Waals surface area (Å²) in [5.41, 5.74) is 0.621. The van der Waals surface area contributed by atoms with Gasteiger partial charge in [0.25, 0.3) is 5.91 Å². The highest BCUT2D eigenvalue weighted by atomic mass is 35.5. The van der Waals surface area contributed by atoms with E-state index >= 15 is 0 Å². The van der Waals surface area contributed by atoms with E-state index in [2.05, 4.69) is 20.8 Å². The van der Waals surface area contributed by atoms with Crippen LogP contribution in [0.1, 0.15) is 10.5 Å². The second-order valence-corrected chi connectivity index (χ2v) is 5.91. The maximum atomic E-state index is 13.3. The monoisotopic (exact) mass is 404 g/mol. The molecule has 0 spiro atoms. The molecule has 1 unspecified atom stereocenters. The van der Waals surface area contributed by atoms with Crippen LogP contribution in [0.5, 0.6) is 0 Å². The predicted octanol–water partition coefficient (Wildman–Crippen LogP) is 1.25. The van der Waals surface area contributed by atoms with Gasteiger partial charge < -0.3 is 10.6 Å². The summed E-state index contributed by atoms with van der Waals surface area (Å²) in [6, 6.07) is 7.20. The van der Waals surface area contributed by atoms with Gasteiger partial charge in [0, 0.05) is 32.7 Å². The number of para-hydroxylation sites is 1. The number of piperazine rings is 1. The number of hydrogen-bond donors (Lipinski definition) is 2. The molecular weight excluding hydrogens is 385 g/mol. The molecule has 1 aliphatic rings. The van der Waals surface area contributed by atoms with E-state index in [4.69, 9.17) is 0 Å². The Morgan fingerprint density at radius 3 is 2.52 bits per heavy atom. The first-order valence-corrected chi connectivity index (χ1v) is 8.22. The van der Waals surface area contributed by atoms with E-state index < -0.39 is 24.7 Å². The molecule has 0 aliphatic carbocycles. The van der Waals surface area contributed by atoms with Crippen molar-refractivity contribution in [2.45, 2.75) is 12.2 Å². The van der Waals surface area contributed by atoms with Gasteiger partial charge in [-0.3, -0.25) is 9.69 Å². The van der Waals surface area contributed by atoms with Gasteiger partial charge in [0.2, 0.25) is 0 Å². The number of nitrogens with one attached hydrogen (secondary N) is 2. The second-order valence-electron chi connectivity index (χ2n) is 5.91. The largest absolute Gasteiger partial charge is 0.405 e. The smallest absolute Gasteiger partial charge is 0.349 e. The Morgan fingerprint density at radius 2 is 1.89 bits per heavy atom. The van der Waals surface area contributed by atoms with Crippen molar-refractivity contribution in [3.63, 3.8) is 0 Å². The van der Waals surface area contributed by atoms with E-state index in [1.54, 1.807) is 24.3 Å². The first kappa shape index (κ1) is 21.1. The van der Waals surface area contributed by atoms with E-state index in [-0.39, 0.29) is 31.2 Å². The minimum absolute atomic E-state index is 0. The van der Waals surface area contributed by atoms with Crippen molar-refractivity contribution in [2.24, 2.45) is 0 Å². The number of halogens is 4. The molecule has 0 radical (unpaired) electrons. The fourth-order valence-corrected chi connectivity index (χ4v) is 2.78. The van der Waals surface area contributed by atoms with Gasteiger partial charge in [-0.05, 0) is 12.1 Å². The number of carbonyl (C=O) groups excluding carboxylic acids is 1. The quantitative estimate of drug-likeness (QED) is 0.784. The Kier molecular flexibility index (Phi) is 7.17. The van der Waals surface area contributed by atoms with E-state index in [0.29, 0.717) is 18.8 Å². The summed E-state index contributed by atoms with van der Waals surface area (Å²) in [7, 11) is 0. The van der Waals surface area contributed by atoms with E-state index in [9.17, 15) is 18.0 Å². The topological polar surface area (TPSA) is 75.1 Å². The van der Waals surface area contributed by atoms with Gasteiger partial charge in [0.05, 0.1) is 11.9 Å². The minimum Gasteiger partial charge on any atom is -0.349 e. The van der Waals surface area contributed by atoms with Crippen LogP contribution in [-0.2, 0) is 0 Å². The molecule has 27 heavy (non-hydrogen) atoms. The summed E-state index contributed by atoms with van der Waals surface area (Å²) in [6.45, 7) is 1.02. The van der Waals surface area contributed by atoms with Crippen molar-refractivity contribution in [3.8, 4) is 5.69 Å². The van der Waals surface area contributed by atoms with Crippen LogP contribution in [0, 0.1) is 0 Å². The van der Waals surface area contributed by atoms with Gasteiger partial charge in [-0.25, -0.2) is 0 Å². The molecule has 0 saturated carbocycles. The summed E-state index contributed by atoms with van der Waals surface area (Å²) < 4.78 is 40.0. The Balaban J connectivity index is 0.00000261. The molecule has 1 atom stereocenters. The predicted molar refractivity (Wildman–Crippen MR) is 95.2 cm³/mol. The molecular formula is C16H20ClF3N6O. The Morgan fingerprint density at radius 1 is 1.22 bits per heavy atom. The lowest BCUT2D eigenvalue weighted by molar-refractivity contribution is -0.183. The van der Waals surface area contributed by atoms with Gasteiger partial charge in [0.1, 0.15) is 6.04 Å². The highest BCUT2D eigenvalue weighted by molar-refractivity contribution is 5.91. The van der Waals surface area contributed by atoms with Gasteiger partial charge in [0.15, 0.2) is 5.69 Å². The summed E-state index contributed by atoms with van der Waals surface area (Å²) in [6.07, 6.45) is -3.19. The van der Waals surface area contributed by atoms with Crippen LogP contribution in [0.4, 0.5) is 13.2 Å². The van der Waals surface area contributed by atoms with Crippen molar-refractivity contribution in [2.75, 3.05) is 32.7 Å². The molecule has 0 bridgehead atoms. The zero-order valence-corrected chi connectivity index (χ0v) is 15.1. The van der Waals surface area contributed by atoms with Crippen molar-refractivity contribution in [3.05, 3.63) is 42.2 Å². The average Bonchev–Trinajstić information content (AvgIpc) is 3.12. The zero-order valence-electron chi connectivity index (χ0n) is 14.3. The van der Waals surface area contributed by atoms with Crippen LogP contribution in [0.25, 0.3) is 5.69 Å². The lowest BCUT2D eigenvalue weighted by Crippen LogP contribution is -2.57. The molecule has 2 aromatic rings. The molecule has 3 rings (SSSR count). The molecule has 1 saturated heterocycles. The van der Waals surface area contributed by atoms with Crippen LogP contribution in [0.15, 0.2) is 36.5 Å². The normalized spacial score (nSPS) is 16.4. The molecule has 2 N–H and O–H groups in total. The maximum absolute atomic E-state index is 13.3. The highest BCUT2D eigenvalue weighted by Gasteiger charge is 2.43. The van der Waals surface area contributed by atoms with E-state index in [1.165, 1.54) is 15.9 Å². The lowest BCUT2D eigenvalue weighted by atomic mass is 10.2. The second kappa shape index (κ2) is 9.16. The fourth-order valence-electron chi connectivity index (χ4n) is 2.78. The Labute approximate surface area is 160 Å². The molecule has 7 nitrogen and oxygen atoms in total. The van der Waals surface area contributed by atoms with Crippen molar-refractivity contribution in [1.29, 1.82) is 0 Å². The van der Waals surface area contributed by atoms with Crippen molar-refractivity contribution in [1.82, 2.24) is 30.5 Å². The van der Waals surface area contributed by atoms with Gasteiger partial charge >= 0.3 is 6.18 Å². The molecule has 2 heterocycles. The van der Waals surface area contributed by atoms with Crippen LogP contribution >= 0.6 is 12.4 Å². The van der Waals surface area contributed by atoms with Gasteiger partial charge in [-0.1, -0.05) is 18.2 Å². The summed E-state index contributed by atoms with van der Waals surface area (Å²) in [5.74, 6) is -0.684. The standard InChI is InChI=1S/C16H19F3N6O.ClH/c17-16(18,19)14(24-8-6-20-7-9-24)11-21-15(26)13-10-22-25(23-13)12-4-2-1-3-5-12;/h1-5,10,14,20H,6-9,11H2,(H,21,26);1H. The van der Waals surface area contributed by atoms with Crippen molar-refractivity contribution >= 4 is 18.3 Å². The Bertz CT molecular complexity index is 733. The number of aromatic nitrogens is 3. The molecule has 148 valence electrons. The average molecular weight is 405 g/mol. The number of amides is 1. The van der Waals surface area contributed by atoms with Crippen molar-refractivity contribution < 1.29 is 18.0 Å². The van der Waals surface area contributed by atoms with Gasteiger partial charge in [-0.15, -0.1) is 17.5 Å². The number of nitrogens with zero attached hydrogens (tertiary/aromatic N) is 4. The first-order valence-electron chi connectivity index (χ1n) is 8.22. The number of hydrogen-bond acceptors (Lipinski definition) is 5. The number of alkyl halides is 3. The molecule has 1 aromatic heterocycles. The lowest BCUT2D eigenvalue weighted by Gasteiger charge is -2.35. The third-order valence-electron chi connectivity index (χ3n) is 4.14. The summed E-state index contributed by atoms with van der Waals surface area (Å²) in [4.78, 5) is 14.8. The molecule has 1 aromatic carbocycles. The first-order chi connectivity index (χ1) is 12.4. The maximum Gasteiger partial charge on any atom is 0.405 e. The van der Waals surface area contributed by atoms with Crippen LogP contribution in [-0.4, -0.2) is 70.7 Å². The summed E-state index contributed by atoms with van der Waals surface area (Å²) >= 11 is 0. The highest BCUT2D eigenvalue weighted by Crippen LogP contribution is 2.24. The minimum atomic E-state index is -4.42. The molecule has 1 aliphatic heterocycles. The van der Waals surface area contributed by atoms with E-state index in [1.807, 2.05) is 6.07 Å². The molecule has 11 heteroatoms. The zero-order chi connectivity index (χ0) is 18.6. The fraction of sp³-hybridized carbons (Fsp3) is 0.438.